The molecule has 1 heterocycles. The molecule has 0 fully saturated rings. The van der Waals surface area contributed by atoms with Crippen molar-refractivity contribution >= 4 is 11.7 Å². The third kappa shape index (κ3) is 5.18. The number of hydrogen-bond acceptors (Lipinski definition) is 3. The normalized spacial score (nSPS) is 12.2. The van der Waals surface area contributed by atoms with E-state index in [2.05, 4.69) is 22.7 Å². The molecule has 0 saturated heterocycles. The number of carbonyl (C=O) groups is 1. The maximum atomic E-state index is 11.6. The lowest BCUT2D eigenvalue weighted by Crippen LogP contribution is -2.36. The summed E-state index contributed by atoms with van der Waals surface area (Å²) in [5.41, 5.74) is 0.690. The van der Waals surface area contributed by atoms with Crippen LogP contribution in [0.25, 0.3) is 0 Å². The SMILES string of the molecule is CCCn1cc(NC(=O)NC(C)CCCO)cn1. The van der Waals surface area contributed by atoms with E-state index in [-0.39, 0.29) is 18.7 Å². The van der Waals surface area contributed by atoms with E-state index in [4.69, 9.17) is 5.11 Å². The average Bonchev–Trinajstić information content (AvgIpc) is 2.74. The minimum absolute atomic E-state index is 0.0443. The Morgan fingerprint density at radius 1 is 1.61 bits per heavy atom. The average molecular weight is 254 g/mol. The molecule has 18 heavy (non-hydrogen) atoms. The summed E-state index contributed by atoms with van der Waals surface area (Å²) in [6.07, 6.45) is 5.90. The third-order valence-electron chi connectivity index (χ3n) is 2.52. The molecule has 1 unspecified atom stereocenters. The predicted octanol–water partition coefficient (Wildman–Crippen LogP) is 1.58. The Hall–Kier alpha value is -1.56. The van der Waals surface area contributed by atoms with Crippen LogP contribution in [0.2, 0.25) is 0 Å². The minimum atomic E-state index is -0.239. The quantitative estimate of drug-likeness (QED) is 0.691. The molecule has 0 aliphatic rings. The van der Waals surface area contributed by atoms with E-state index < -0.39 is 0 Å². The van der Waals surface area contributed by atoms with Gasteiger partial charge in [0.15, 0.2) is 0 Å². The van der Waals surface area contributed by atoms with Crippen LogP contribution in [0.3, 0.4) is 0 Å². The van der Waals surface area contributed by atoms with Gasteiger partial charge in [-0.1, -0.05) is 6.92 Å². The largest absolute Gasteiger partial charge is 0.396 e. The predicted molar refractivity (Wildman–Crippen MR) is 70.5 cm³/mol. The van der Waals surface area contributed by atoms with Crippen LogP contribution in [-0.2, 0) is 6.54 Å². The number of urea groups is 1. The molecule has 0 saturated carbocycles. The van der Waals surface area contributed by atoms with Gasteiger partial charge in [0.25, 0.3) is 0 Å². The Kier molecular flexibility index (Phi) is 6.21. The van der Waals surface area contributed by atoms with Crippen molar-refractivity contribution < 1.29 is 9.90 Å². The lowest BCUT2D eigenvalue weighted by atomic mass is 10.2. The molecule has 6 heteroatoms. The lowest BCUT2D eigenvalue weighted by molar-refractivity contribution is 0.245. The van der Waals surface area contributed by atoms with Crippen LogP contribution in [-0.4, -0.2) is 33.6 Å². The van der Waals surface area contributed by atoms with E-state index in [1.165, 1.54) is 0 Å². The zero-order valence-corrected chi connectivity index (χ0v) is 11.0. The summed E-state index contributed by atoms with van der Waals surface area (Å²) >= 11 is 0. The smallest absolute Gasteiger partial charge is 0.319 e. The number of hydrogen-bond donors (Lipinski definition) is 3. The van der Waals surface area contributed by atoms with E-state index >= 15 is 0 Å². The van der Waals surface area contributed by atoms with E-state index in [0.717, 1.165) is 19.4 Å². The highest BCUT2D eigenvalue weighted by molar-refractivity contribution is 5.89. The second-order valence-corrected chi connectivity index (χ2v) is 4.36. The monoisotopic (exact) mass is 254 g/mol. The maximum absolute atomic E-state index is 11.6. The number of aryl methyl sites for hydroxylation is 1. The fourth-order valence-electron chi connectivity index (χ4n) is 1.64. The Morgan fingerprint density at radius 3 is 3.06 bits per heavy atom. The zero-order chi connectivity index (χ0) is 13.4. The van der Waals surface area contributed by atoms with Crippen molar-refractivity contribution in [3.05, 3.63) is 12.4 Å². The van der Waals surface area contributed by atoms with Crippen LogP contribution in [0.15, 0.2) is 12.4 Å². The standard InChI is InChI=1S/C12H22N4O2/c1-3-6-16-9-11(8-13-16)15-12(18)14-10(2)5-4-7-17/h8-10,17H,3-7H2,1-2H3,(H2,14,15,18). The van der Waals surface area contributed by atoms with Crippen molar-refractivity contribution in [3.63, 3.8) is 0 Å². The first-order chi connectivity index (χ1) is 8.65. The van der Waals surface area contributed by atoms with Gasteiger partial charge in [-0.15, -0.1) is 0 Å². The minimum Gasteiger partial charge on any atom is -0.396 e. The van der Waals surface area contributed by atoms with E-state index in [1.54, 1.807) is 10.9 Å². The number of nitrogens with one attached hydrogen (secondary N) is 2. The molecule has 3 N–H and O–H groups in total. The van der Waals surface area contributed by atoms with Gasteiger partial charge in [-0.3, -0.25) is 4.68 Å². The Morgan fingerprint density at radius 2 is 2.39 bits per heavy atom. The lowest BCUT2D eigenvalue weighted by Gasteiger charge is -2.13. The number of carbonyl (C=O) groups excluding carboxylic acids is 1. The number of rotatable bonds is 7. The highest BCUT2D eigenvalue weighted by Crippen LogP contribution is 2.05. The molecular formula is C12H22N4O2. The molecule has 1 aromatic heterocycles. The molecule has 0 aromatic carbocycles. The van der Waals surface area contributed by atoms with E-state index in [0.29, 0.717) is 12.1 Å². The van der Waals surface area contributed by atoms with Crippen LogP contribution >= 0.6 is 0 Å². The van der Waals surface area contributed by atoms with Crippen LogP contribution < -0.4 is 10.6 Å². The topological polar surface area (TPSA) is 79.2 Å². The number of aromatic nitrogens is 2. The Balaban J connectivity index is 2.34. The molecule has 1 atom stereocenters. The maximum Gasteiger partial charge on any atom is 0.319 e. The van der Waals surface area contributed by atoms with Gasteiger partial charge in [-0.25, -0.2) is 4.79 Å². The molecule has 0 aliphatic carbocycles. The van der Waals surface area contributed by atoms with Crippen molar-refractivity contribution in [2.45, 2.75) is 45.7 Å². The summed E-state index contributed by atoms with van der Waals surface area (Å²) in [5.74, 6) is 0. The van der Waals surface area contributed by atoms with Gasteiger partial charge in [0.2, 0.25) is 0 Å². The summed E-state index contributed by atoms with van der Waals surface area (Å²) in [6.45, 7) is 4.98. The van der Waals surface area contributed by atoms with Crippen molar-refractivity contribution in [2.75, 3.05) is 11.9 Å². The Labute approximate surface area is 107 Å². The molecule has 6 nitrogen and oxygen atoms in total. The van der Waals surface area contributed by atoms with Gasteiger partial charge in [-0.2, -0.15) is 5.10 Å². The van der Waals surface area contributed by atoms with Crippen molar-refractivity contribution in [3.8, 4) is 0 Å². The number of aliphatic hydroxyl groups excluding tert-OH is 1. The van der Waals surface area contributed by atoms with Gasteiger partial charge in [0.1, 0.15) is 0 Å². The summed E-state index contributed by atoms with van der Waals surface area (Å²) in [4.78, 5) is 11.6. The van der Waals surface area contributed by atoms with Gasteiger partial charge in [0.05, 0.1) is 11.9 Å². The zero-order valence-electron chi connectivity index (χ0n) is 11.0. The molecule has 0 radical (unpaired) electrons. The first kappa shape index (κ1) is 14.5. The number of anilines is 1. The van der Waals surface area contributed by atoms with Crippen molar-refractivity contribution in [2.24, 2.45) is 0 Å². The first-order valence-electron chi connectivity index (χ1n) is 6.36. The molecule has 2 amide bonds. The Bertz CT molecular complexity index is 365. The van der Waals surface area contributed by atoms with Gasteiger partial charge in [-0.05, 0) is 26.2 Å². The van der Waals surface area contributed by atoms with Crippen LogP contribution in [0.5, 0.6) is 0 Å². The summed E-state index contributed by atoms with van der Waals surface area (Å²) < 4.78 is 1.80. The molecule has 0 spiro atoms. The molecule has 1 rings (SSSR count). The van der Waals surface area contributed by atoms with Crippen molar-refractivity contribution in [1.29, 1.82) is 0 Å². The van der Waals surface area contributed by atoms with Crippen LogP contribution in [0.1, 0.15) is 33.1 Å². The molecule has 0 bridgehead atoms. The van der Waals surface area contributed by atoms with Crippen LogP contribution in [0.4, 0.5) is 10.5 Å². The van der Waals surface area contributed by atoms with E-state index in [1.807, 2.05) is 13.1 Å². The molecule has 0 aliphatic heterocycles. The molecule has 102 valence electrons. The van der Waals surface area contributed by atoms with Crippen molar-refractivity contribution in [1.82, 2.24) is 15.1 Å². The fourth-order valence-corrected chi connectivity index (χ4v) is 1.64. The number of nitrogens with zero attached hydrogens (tertiary/aromatic N) is 2. The molecular weight excluding hydrogens is 232 g/mol. The fraction of sp³-hybridized carbons (Fsp3) is 0.667. The first-order valence-corrected chi connectivity index (χ1v) is 6.36. The summed E-state index contributed by atoms with van der Waals surface area (Å²) in [6, 6.07) is -0.195. The number of aliphatic hydroxyl groups is 1. The summed E-state index contributed by atoms with van der Waals surface area (Å²) in [5, 5.41) is 18.4. The highest BCUT2D eigenvalue weighted by Gasteiger charge is 2.07. The number of amides is 2. The second-order valence-electron chi connectivity index (χ2n) is 4.36. The highest BCUT2D eigenvalue weighted by atomic mass is 16.3. The van der Waals surface area contributed by atoms with E-state index in [9.17, 15) is 4.79 Å². The third-order valence-corrected chi connectivity index (χ3v) is 2.52. The van der Waals surface area contributed by atoms with Crippen LogP contribution in [0, 0.1) is 0 Å². The van der Waals surface area contributed by atoms with Gasteiger partial charge < -0.3 is 15.7 Å². The summed E-state index contributed by atoms with van der Waals surface area (Å²) in [7, 11) is 0. The second kappa shape index (κ2) is 7.71. The van der Waals surface area contributed by atoms with Gasteiger partial charge >= 0.3 is 6.03 Å². The molecule has 1 aromatic rings. The van der Waals surface area contributed by atoms with Gasteiger partial charge in [0, 0.05) is 25.4 Å².